The van der Waals surface area contributed by atoms with Crippen molar-refractivity contribution in [2.24, 2.45) is 0 Å². The van der Waals surface area contributed by atoms with Crippen LogP contribution in [0.3, 0.4) is 0 Å². The molecule has 3 heterocycles. The predicted molar refractivity (Wildman–Crippen MR) is 91.9 cm³/mol. The van der Waals surface area contributed by atoms with Gasteiger partial charge in [0, 0.05) is 18.3 Å². The molecular formula is C18H20N4O. The largest absolute Gasteiger partial charge is 0.487 e. The van der Waals surface area contributed by atoms with Gasteiger partial charge in [-0.25, -0.2) is 9.97 Å². The third kappa shape index (κ3) is 2.23. The topological polar surface area (TPSA) is 54.0 Å². The molecule has 2 aromatic heterocycles. The molecule has 3 aromatic rings. The van der Waals surface area contributed by atoms with Crippen molar-refractivity contribution in [2.75, 3.05) is 18.1 Å². The first-order chi connectivity index (χ1) is 11.1. The molecular weight excluding hydrogens is 288 g/mol. The number of nitrogens with zero attached hydrogens (tertiary/aromatic N) is 3. The van der Waals surface area contributed by atoms with Gasteiger partial charge >= 0.3 is 0 Å². The summed E-state index contributed by atoms with van der Waals surface area (Å²) in [5.41, 5.74) is 2.88. The number of ether oxygens (including phenoxy) is 1. The van der Waals surface area contributed by atoms with E-state index in [1.807, 2.05) is 36.5 Å². The van der Waals surface area contributed by atoms with Crippen molar-refractivity contribution in [3.05, 3.63) is 36.5 Å². The van der Waals surface area contributed by atoms with E-state index < -0.39 is 0 Å². The maximum absolute atomic E-state index is 5.96. The van der Waals surface area contributed by atoms with Gasteiger partial charge in [-0.1, -0.05) is 12.1 Å². The second-order valence-electron chi connectivity index (χ2n) is 6.49. The molecule has 1 aliphatic rings. The van der Waals surface area contributed by atoms with Crippen LogP contribution in [0.4, 0.5) is 5.82 Å². The molecule has 1 aromatic carbocycles. The summed E-state index contributed by atoms with van der Waals surface area (Å²) in [6, 6.07) is 10.0. The zero-order chi connectivity index (χ0) is 16.0. The summed E-state index contributed by atoms with van der Waals surface area (Å²) in [6.45, 7) is 8.05. The van der Waals surface area contributed by atoms with Gasteiger partial charge in [0.15, 0.2) is 11.6 Å². The molecule has 118 valence electrons. The number of fused-ring (bicyclic) bond motifs is 2. The van der Waals surface area contributed by atoms with Crippen molar-refractivity contribution in [3.63, 3.8) is 0 Å². The summed E-state index contributed by atoms with van der Waals surface area (Å²) in [4.78, 5) is 14.9. The molecule has 5 heteroatoms. The van der Waals surface area contributed by atoms with Crippen LogP contribution in [0.15, 0.2) is 36.5 Å². The molecule has 4 rings (SSSR count). The van der Waals surface area contributed by atoms with E-state index in [1.54, 1.807) is 0 Å². The second-order valence-corrected chi connectivity index (χ2v) is 6.49. The van der Waals surface area contributed by atoms with Crippen molar-refractivity contribution in [1.82, 2.24) is 15.0 Å². The van der Waals surface area contributed by atoms with Crippen LogP contribution in [0.1, 0.15) is 20.8 Å². The van der Waals surface area contributed by atoms with E-state index in [-0.39, 0.29) is 5.54 Å². The summed E-state index contributed by atoms with van der Waals surface area (Å²) >= 11 is 0. The second kappa shape index (κ2) is 4.98. The highest BCUT2D eigenvalue weighted by molar-refractivity contribution is 5.79. The lowest BCUT2D eigenvalue weighted by molar-refractivity contribution is 0.211. The Bertz CT molecular complexity index is 835. The number of anilines is 1. The molecule has 0 bridgehead atoms. The van der Waals surface area contributed by atoms with Gasteiger partial charge < -0.3 is 14.6 Å². The molecule has 0 saturated heterocycles. The number of benzene rings is 1. The molecule has 0 atom stereocenters. The Morgan fingerprint density at radius 2 is 2.13 bits per heavy atom. The minimum atomic E-state index is -0.0460. The number of pyridine rings is 1. The molecule has 0 radical (unpaired) electrons. The first kappa shape index (κ1) is 14.1. The van der Waals surface area contributed by atoms with Crippen LogP contribution in [0.5, 0.6) is 5.75 Å². The zero-order valence-electron chi connectivity index (χ0n) is 13.6. The number of imidazole rings is 1. The van der Waals surface area contributed by atoms with E-state index in [1.165, 1.54) is 0 Å². The van der Waals surface area contributed by atoms with Crippen LogP contribution >= 0.6 is 0 Å². The van der Waals surface area contributed by atoms with Crippen molar-refractivity contribution < 1.29 is 4.74 Å². The number of nitrogens with one attached hydrogen (secondary N) is 1. The van der Waals surface area contributed by atoms with Gasteiger partial charge in [0.25, 0.3) is 0 Å². The van der Waals surface area contributed by atoms with Gasteiger partial charge in [0.2, 0.25) is 0 Å². The fraction of sp³-hybridized carbons (Fsp3) is 0.333. The SMILES string of the molecule is CCN1c2ncc(-c3nc4ccccc4[nH]3)cc2OCC1(C)C. The van der Waals surface area contributed by atoms with E-state index in [0.29, 0.717) is 6.61 Å². The quantitative estimate of drug-likeness (QED) is 0.785. The third-order valence-electron chi connectivity index (χ3n) is 4.38. The average Bonchev–Trinajstić information content (AvgIpc) is 2.98. The summed E-state index contributed by atoms with van der Waals surface area (Å²) in [6.07, 6.45) is 1.87. The maximum atomic E-state index is 5.96. The summed E-state index contributed by atoms with van der Waals surface area (Å²) in [5, 5.41) is 0. The van der Waals surface area contributed by atoms with E-state index >= 15 is 0 Å². The van der Waals surface area contributed by atoms with E-state index in [2.05, 4.69) is 40.6 Å². The number of likely N-dealkylation sites (N-methyl/N-ethyl adjacent to an activating group) is 1. The van der Waals surface area contributed by atoms with Crippen molar-refractivity contribution in [1.29, 1.82) is 0 Å². The Labute approximate surface area is 135 Å². The van der Waals surface area contributed by atoms with Crippen LogP contribution in [0.2, 0.25) is 0 Å². The maximum Gasteiger partial charge on any atom is 0.171 e. The van der Waals surface area contributed by atoms with Gasteiger partial charge in [-0.15, -0.1) is 0 Å². The van der Waals surface area contributed by atoms with Crippen LogP contribution in [-0.2, 0) is 0 Å². The Balaban J connectivity index is 1.78. The number of aromatic nitrogens is 3. The monoisotopic (exact) mass is 308 g/mol. The Morgan fingerprint density at radius 3 is 2.91 bits per heavy atom. The highest BCUT2D eigenvalue weighted by Gasteiger charge is 2.34. The summed E-state index contributed by atoms with van der Waals surface area (Å²) < 4.78 is 5.96. The van der Waals surface area contributed by atoms with Gasteiger partial charge in [0.05, 0.1) is 16.6 Å². The van der Waals surface area contributed by atoms with Crippen LogP contribution < -0.4 is 9.64 Å². The molecule has 0 saturated carbocycles. The highest BCUT2D eigenvalue weighted by atomic mass is 16.5. The van der Waals surface area contributed by atoms with E-state index in [4.69, 9.17) is 4.74 Å². The molecule has 1 aliphatic heterocycles. The number of hydrogen-bond acceptors (Lipinski definition) is 4. The third-order valence-corrected chi connectivity index (χ3v) is 4.38. The predicted octanol–water partition coefficient (Wildman–Crippen LogP) is 3.62. The highest BCUT2D eigenvalue weighted by Crippen LogP contribution is 2.38. The van der Waals surface area contributed by atoms with Crippen molar-refractivity contribution in [2.45, 2.75) is 26.3 Å². The molecule has 5 nitrogen and oxygen atoms in total. The molecule has 23 heavy (non-hydrogen) atoms. The standard InChI is InChI=1S/C18H20N4O/c1-4-22-17-15(23-11-18(22,2)3)9-12(10-19-17)16-20-13-7-5-6-8-14(13)21-16/h5-10H,4,11H2,1-3H3,(H,20,21). The van der Waals surface area contributed by atoms with Crippen LogP contribution in [-0.4, -0.2) is 33.6 Å². The zero-order valence-corrected chi connectivity index (χ0v) is 13.6. The Morgan fingerprint density at radius 1 is 1.30 bits per heavy atom. The number of hydrogen-bond donors (Lipinski definition) is 1. The van der Waals surface area contributed by atoms with Gasteiger partial charge in [-0.05, 0) is 39.0 Å². The number of aromatic amines is 1. The normalized spacial score (nSPS) is 16.2. The van der Waals surface area contributed by atoms with Crippen molar-refractivity contribution >= 4 is 16.9 Å². The molecule has 0 amide bonds. The Hall–Kier alpha value is -2.56. The fourth-order valence-corrected chi connectivity index (χ4v) is 3.16. The Kier molecular flexibility index (Phi) is 3.04. The van der Waals surface area contributed by atoms with Crippen LogP contribution in [0, 0.1) is 0 Å². The van der Waals surface area contributed by atoms with Gasteiger partial charge in [-0.3, -0.25) is 0 Å². The van der Waals surface area contributed by atoms with E-state index in [0.717, 1.165) is 40.5 Å². The van der Waals surface area contributed by atoms with Crippen molar-refractivity contribution in [3.8, 4) is 17.1 Å². The first-order valence-electron chi connectivity index (χ1n) is 7.94. The minimum absolute atomic E-state index is 0.0460. The lowest BCUT2D eigenvalue weighted by Crippen LogP contribution is -2.51. The number of H-pyrrole nitrogens is 1. The summed E-state index contributed by atoms with van der Waals surface area (Å²) in [7, 11) is 0. The molecule has 0 unspecified atom stereocenters. The van der Waals surface area contributed by atoms with Crippen LogP contribution in [0.25, 0.3) is 22.4 Å². The van der Waals surface area contributed by atoms with E-state index in [9.17, 15) is 0 Å². The first-order valence-corrected chi connectivity index (χ1v) is 7.94. The smallest absolute Gasteiger partial charge is 0.171 e. The lowest BCUT2D eigenvalue weighted by Gasteiger charge is -2.43. The summed E-state index contributed by atoms with van der Waals surface area (Å²) in [5.74, 6) is 2.55. The lowest BCUT2D eigenvalue weighted by atomic mass is 10.0. The minimum Gasteiger partial charge on any atom is -0.487 e. The number of para-hydroxylation sites is 2. The molecule has 1 N–H and O–H groups in total. The molecule has 0 spiro atoms. The average molecular weight is 308 g/mol. The fourth-order valence-electron chi connectivity index (χ4n) is 3.16. The molecule has 0 aliphatic carbocycles. The van der Waals surface area contributed by atoms with Gasteiger partial charge in [0.1, 0.15) is 12.4 Å². The molecule has 0 fully saturated rings. The van der Waals surface area contributed by atoms with Gasteiger partial charge in [-0.2, -0.15) is 0 Å². The number of rotatable bonds is 2.